The maximum absolute atomic E-state index is 12.1. The van der Waals surface area contributed by atoms with Crippen molar-refractivity contribution >= 4 is 22.3 Å². The summed E-state index contributed by atoms with van der Waals surface area (Å²) >= 11 is 0. The summed E-state index contributed by atoms with van der Waals surface area (Å²) in [6.45, 7) is 1.93. The molecule has 19 heavy (non-hydrogen) atoms. The summed E-state index contributed by atoms with van der Waals surface area (Å²) in [5.41, 5.74) is 2.49. The van der Waals surface area contributed by atoms with Crippen molar-refractivity contribution in [3.63, 3.8) is 0 Å². The average Bonchev–Trinajstić information content (AvgIpc) is 2.89. The summed E-state index contributed by atoms with van der Waals surface area (Å²) in [5, 5.41) is 18.6. The molecule has 1 aliphatic rings. The molecule has 0 amide bonds. The van der Waals surface area contributed by atoms with Crippen molar-refractivity contribution in [2.75, 3.05) is 0 Å². The third kappa shape index (κ3) is 1.47. The van der Waals surface area contributed by atoms with Crippen LogP contribution >= 0.6 is 0 Å². The molecule has 4 nitrogen and oxygen atoms in total. The Bertz CT molecular complexity index is 825. The number of carbonyl (C=O) groups is 1. The van der Waals surface area contributed by atoms with Crippen LogP contribution in [-0.2, 0) is 0 Å². The van der Waals surface area contributed by atoms with Gasteiger partial charge in [-0.3, -0.25) is 4.79 Å². The van der Waals surface area contributed by atoms with E-state index in [1.165, 1.54) is 0 Å². The fraction of sp³-hybridized carbons (Fsp3) is 0.133. The number of allylic oxidation sites excluding steroid dienone is 2. The van der Waals surface area contributed by atoms with E-state index >= 15 is 0 Å². The second kappa shape index (κ2) is 3.83. The van der Waals surface area contributed by atoms with Gasteiger partial charge in [0.05, 0.1) is 5.56 Å². The molecule has 0 saturated heterocycles. The maximum Gasteiger partial charge on any atom is 0.171 e. The van der Waals surface area contributed by atoms with Crippen LogP contribution in [0.1, 0.15) is 28.1 Å². The zero-order chi connectivity index (χ0) is 13.6. The predicted molar refractivity (Wildman–Crippen MR) is 68.0 cm³/mol. The smallest absolute Gasteiger partial charge is 0.171 e. The van der Waals surface area contributed by atoms with Crippen LogP contribution < -0.4 is 0 Å². The van der Waals surface area contributed by atoms with Crippen LogP contribution in [0.5, 0.6) is 0 Å². The van der Waals surface area contributed by atoms with Gasteiger partial charge in [-0.15, -0.1) is 0 Å². The standard InChI is InChI=1S/C15H8N2O2/c1-8-2-3-10-13(4-8)19-15-11(9(6-16)7-17)5-12(18)14(10)15/h2-4H,5H2,1H3. The van der Waals surface area contributed by atoms with Crippen molar-refractivity contribution in [1.29, 1.82) is 10.5 Å². The zero-order valence-electron chi connectivity index (χ0n) is 10.2. The first-order chi connectivity index (χ1) is 9.15. The molecule has 0 radical (unpaired) electrons. The minimum absolute atomic E-state index is 0.0529. The number of fused-ring (bicyclic) bond motifs is 3. The Morgan fingerprint density at radius 1 is 1.32 bits per heavy atom. The largest absolute Gasteiger partial charge is 0.456 e. The Labute approximate surface area is 109 Å². The third-order valence-corrected chi connectivity index (χ3v) is 3.26. The summed E-state index contributed by atoms with van der Waals surface area (Å²) in [4.78, 5) is 12.1. The number of rotatable bonds is 0. The van der Waals surface area contributed by atoms with E-state index in [0.29, 0.717) is 22.5 Å². The van der Waals surface area contributed by atoms with Crippen molar-refractivity contribution in [2.45, 2.75) is 13.3 Å². The fourth-order valence-corrected chi connectivity index (χ4v) is 2.38. The van der Waals surface area contributed by atoms with Crippen LogP contribution in [0.4, 0.5) is 0 Å². The highest BCUT2D eigenvalue weighted by atomic mass is 16.3. The molecule has 90 valence electrons. The highest BCUT2D eigenvalue weighted by molar-refractivity contribution is 6.19. The molecule has 1 aliphatic carbocycles. The van der Waals surface area contributed by atoms with Gasteiger partial charge in [0, 0.05) is 17.4 Å². The quantitative estimate of drug-likeness (QED) is 0.671. The second-order valence-corrected chi connectivity index (χ2v) is 4.48. The van der Waals surface area contributed by atoms with Crippen molar-refractivity contribution < 1.29 is 9.21 Å². The minimum Gasteiger partial charge on any atom is -0.456 e. The summed E-state index contributed by atoms with van der Waals surface area (Å²) in [7, 11) is 0. The number of benzene rings is 1. The molecule has 3 rings (SSSR count). The van der Waals surface area contributed by atoms with Crippen molar-refractivity contribution in [3.05, 3.63) is 40.7 Å². The number of furan rings is 1. The molecule has 1 aromatic carbocycles. The molecular weight excluding hydrogens is 240 g/mol. The summed E-state index contributed by atoms with van der Waals surface area (Å²) in [5.74, 6) is 0.277. The van der Waals surface area contributed by atoms with E-state index in [9.17, 15) is 4.79 Å². The molecule has 0 atom stereocenters. The topological polar surface area (TPSA) is 77.8 Å². The van der Waals surface area contributed by atoms with E-state index < -0.39 is 0 Å². The highest BCUT2D eigenvalue weighted by Gasteiger charge is 2.33. The van der Waals surface area contributed by atoms with Gasteiger partial charge < -0.3 is 4.42 Å². The number of hydrogen-bond donors (Lipinski definition) is 0. The Balaban J connectivity index is 2.39. The number of nitriles is 2. The van der Waals surface area contributed by atoms with Gasteiger partial charge in [-0.2, -0.15) is 10.5 Å². The van der Waals surface area contributed by atoms with E-state index in [1.807, 2.05) is 37.3 Å². The zero-order valence-corrected chi connectivity index (χ0v) is 10.2. The predicted octanol–water partition coefficient (Wildman–Crippen LogP) is 3.13. The molecule has 1 aromatic heterocycles. The van der Waals surface area contributed by atoms with Crippen LogP contribution in [0.3, 0.4) is 0 Å². The Morgan fingerprint density at radius 2 is 2.05 bits per heavy atom. The van der Waals surface area contributed by atoms with Crippen LogP contribution in [0.2, 0.25) is 0 Å². The minimum atomic E-state index is -0.101. The average molecular weight is 248 g/mol. The number of Topliss-reactive ketones (excluding diaryl/α,β-unsaturated/α-hetero) is 1. The van der Waals surface area contributed by atoms with Gasteiger partial charge in [0.1, 0.15) is 29.1 Å². The lowest BCUT2D eigenvalue weighted by atomic mass is 10.1. The Hall–Kier alpha value is -2.85. The van der Waals surface area contributed by atoms with Crippen LogP contribution in [0, 0.1) is 29.6 Å². The van der Waals surface area contributed by atoms with Gasteiger partial charge in [-0.05, 0) is 18.6 Å². The Morgan fingerprint density at radius 3 is 2.74 bits per heavy atom. The van der Waals surface area contributed by atoms with E-state index in [4.69, 9.17) is 14.9 Å². The van der Waals surface area contributed by atoms with Crippen molar-refractivity contribution in [3.8, 4) is 12.1 Å². The lowest BCUT2D eigenvalue weighted by Gasteiger charge is -1.95. The summed E-state index contributed by atoms with van der Waals surface area (Å²) in [6.07, 6.45) is 0.0639. The van der Waals surface area contributed by atoms with E-state index in [-0.39, 0.29) is 17.8 Å². The molecule has 0 fully saturated rings. The molecule has 0 bridgehead atoms. The van der Waals surface area contributed by atoms with Gasteiger partial charge in [0.2, 0.25) is 0 Å². The SMILES string of the molecule is Cc1ccc2c3c(oc2c1)C(=C(C#N)C#N)CC3=O. The first kappa shape index (κ1) is 11.3. The van der Waals surface area contributed by atoms with Crippen molar-refractivity contribution in [1.82, 2.24) is 0 Å². The summed E-state index contributed by atoms with van der Waals surface area (Å²) in [6, 6.07) is 9.22. The molecule has 1 heterocycles. The third-order valence-electron chi connectivity index (χ3n) is 3.26. The molecule has 0 N–H and O–H groups in total. The van der Waals surface area contributed by atoms with Gasteiger partial charge in [0.25, 0.3) is 0 Å². The number of ketones is 1. The molecule has 0 saturated carbocycles. The first-order valence-corrected chi connectivity index (χ1v) is 5.75. The van der Waals surface area contributed by atoms with E-state index in [1.54, 1.807) is 0 Å². The van der Waals surface area contributed by atoms with Crippen molar-refractivity contribution in [2.24, 2.45) is 0 Å². The fourth-order valence-electron chi connectivity index (χ4n) is 2.38. The van der Waals surface area contributed by atoms with Crippen LogP contribution in [0.25, 0.3) is 16.5 Å². The van der Waals surface area contributed by atoms with E-state index in [2.05, 4.69) is 0 Å². The number of hydrogen-bond acceptors (Lipinski definition) is 4. The van der Waals surface area contributed by atoms with Gasteiger partial charge in [-0.25, -0.2) is 0 Å². The lowest BCUT2D eigenvalue weighted by molar-refractivity contribution is 0.101. The molecule has 2 aromatic rings. The molecule has 0 spiro atoms. The van der Waals surface area contributed by atoms with E-state index in [0.717, 1.165) is 10.9 Å². The number of nitrogens with zero attached hydrogens (tertiary/aromatic N) is 2. The number of carbonyl (C=O) groups excluding carboxylic acids is 1. The normalized spacial score (nSPS) is 13.2. The van der Waals surface area contributed by atoms with Crippen LogP contribution in [-0.4, -0.2) is 5.78 Å². The second-order valence-electron chi connectivity index (χ2n) is 4.48. The highest BCUT2D eigenvalue weighted by Crippen LogP contribution is 2.40. The summed E-state index contributed by atoms with van der Waals surface area (Å²) < 4.78 is 5.68. The monoisotopic (exact) mass is 248 g/mol. The Kier molecular flexibility index (Phi) is 2.27. The maximum atomic E-state index is 12.1. The molecule has 0 aliphatic heterocycles. The molecule has 4 heteroatoms. The van der Waals surface area contributed by atoms with Crippen LogP contribution in [0.15, 0.2) is 28.2 Å². The van der Waals surface area contributed by atoms with Gasteiger partial charge >= 0.3 is 0 Å². The van der Waals surface area contributed by atoms with Gasteiger partial charge in [0.15, 0.2) is 5.78 Å². The number of aryl methyl sites for hydroxylation is 1. The molecule has 0 unspecified atom stereocenters. The van der Waals surface area contributed by atoms with Gasteiger partial charge in [-0.1, -0.05) is 12.1 Å². The first-order valence-electron chi connectivity index (χ1n) is 5.75. The molecular formula is C15H8N2O2. The lowest BCUT2D eigenvalue weighted by Crippen LogP contribution is -1.90.